The van der Waals surface area contributed by atoms with Crippen molar-refractivity contribution in [1.29, 1.82) is 0 Å². The number of hydrogen-bond acceptors (Lipinski definition) is 2. The van der Waals surface area contributed by atoms with Crippen molar-refractivity contribution < 1.29 is 19.9 Å². The molecule has 0 atom stereocenters. The van der Waals surface area contributed by atoms with Crippen LogP contribution < -0.4 is 0 Å². The predicted molar refractivity (Wildman–Crippen MR) is 10.3 cm³/mol. The lowest BCUT2D eigenvalue weighted by Gasteiger charge is -1.25. The van der Waals surface area contributed by atoms with Gasteiger partial charge in [-0.25, -0.2) is 0 Å². The second kappa shape index (κ2) is 182. The molecule has 2 N–H and O–H groups in total. The SMILES string of the molecule is F.F.OO. The molecule has 0 aliphatic rings. The molecule has 0 saturated heterocycles. The third kappa shape index (κ3) is 22.4. The van der Waals surface area contributed by atoms with Gasteiger partial charge in [0.05, 0.1) is 0 Å². The fourth-order valence-corrected chi connectivity index (χ4v) is 0. The summed E-state index contributed by atoms with van der Waals surface area (Å²) in [5.74, 6) is 0. The molecule has 2 nitrogen and oxygen atoms in total. The van der Waals surface area contributed by atoms with Gasteiger partial charge in [-0.1, -0.05) is 0 Å². The van der Waals surface area contributed by atoms with Crippen molar-refractivity contribution >= 4 is 0 Å². The Hall–Kier alpha value is -0.220. The van der Waals surface area contributed by atoms with Crippen LogP contribution in [0.15, 0.2) is 0 Å². The van der Waals surface area contributed by atoms with Crippen LogP contribution in [0.2, 0.25) is 0 Å². The first-order valence-corrected chi connectivity index (χ1v) is 0.200. The minimum atomic E-state index is 0. The summed E-state index contributed by atoms with van der Waals surface area (Å²) in [5, 5.41) is 12.0. The van der Waals surface area contributed by atoms with Crippen molar-refractivity contribution in [2.24, 2.45) is 0 Å². The molecule has 4 heavy (non-hydrogen) atoms. The van der Waals surface area contributed by atoms with E-state index in [4.69, 9.17) is 10.5 Å². The summed E-state index contributed by atoms with van der Waals surface area (Å²) >= 11 is 0. The molecular weight excluding hydrogens is 70.0 g/mol. The second-order valence-corrected chi connectivity index (χ2v) is 0. The largest absolute Gasteiger partial charge is 0.269 e. The Kier molecular flexibility index (Phi) is 2180. The van der Waals surface area contributed by atoms with Gasteiger partial charge >= 0.3 is 0 Å². The third-order valence-electron chi connectivity index (χ3n) is 0. The molecule has 0 saturated carbocycles. The van der Waals surface area contributed by atoms with E-state index in [2.05, 4.69) is 0 Å². The average molecular weight is 74.0 g/mol. The zero-order chi connectivity index (χ0) is 2.00. The first kappa shape index (κ1) is 48.0. The van der Waals surface area contributed by atoms with Gasteiger partial charge in [0, 0.05) is 0 Å². The minimum absolute atomic E-state index is 0. The van der Waals surface area contributed by atoms with Crippen LogP contribution in [0.3, 0.4) is 0 Å². The zero-order valence-corrected chi connectivity index (χ0v) is 1.71. The zero-order valence-electron chi connectivity index (χ0n) is 1.71. The van der Waals surface area contributed by atoms with Gasteiger partial charge in [0.2, 0.25) is 0 Å². The van der Waals surface area contributed by atoms with E-state index < -0.39 is 0 Å². The highest BCUT2D eigenvalue weighted by Gasteiger charge is 0.745. The lowest BCUT2D eigenvalue weighted by Crippen LogP contribution is -1.29. The van der Waals surface area contributed by atoms with Gasteiger partial charge in [-0.05, 0) is 0 Å². The van der Waals surface area contributed by atoms with E-state index in [1.165, 1.54) is 0 Å². The molecule has 0 unspecified atom stereocenters. The molecule has 0 aromatic heterocycles. The molecule has 0 aliphatic carbocycles. The van der Waals surface area contributed by atoms with Crippen molar-refractivity contribution in [3.8, 4) is 0 Å². The van der Waals surface area contributed by atoms with E-state index in [9.17, 15) is 0 Å². The molecule has 4 heteroatoms. The van der Waals surface area contributed by atoms with E-state index in [0.717, 1.165) is 0 Å². The fraction of sp³-hybridized carbons (Fsp3) is 0. The van der Waals surface area contributed by atoms with Crippen LogP contribution in [-0.2, 0) is 0 Å². The molecule has 0 aliphatic heterocycles. The van der Waals surface area contributed by atoms with Crippen LogP contribution >= 0.6 is 0 Å². The molecule has 0 aromatic rings. The number of hydrogen-bond donors (Lipinski definition) is 2. The Labute approximate surface area is 21.3 Å². The summed E-state index contributed by atoms with van der Waals surface area (Å²) in [6.45, 7) is 0. The van der Waals surface area contributed by atoms with Gasteiger partial charge in [-0.15, -0.1) is 0 Å². The predicted octanol–water partition coefficient (Wildman–Crippen LogP) is 0.322. The van der Waals surface area contributed by atoms with Gasteiger partial charge in [0.1, 0.15) is 0 Å². The Bertz CT molecular complexity index is 4.00. The minimum Gasteiger partial charge on any atom is -0.269 e. The van der Waals surface area contributed by atoms with E-state index in [-0.39, 0.29) is 9.41 Å². The summed E-state index contributed by atoms with van der Waals surface area (Å²) < 4.78 is 0. The Morgan fingerprint density at radius 3 is 0.750 bits per heavy atom. The molecule has 0 radical (unpaired) electrons. The summed E-state index contributed by atoms with van der Waals surface area (Å²) in [4.78, 5) is 0. The Morgan fingerprint density at radius 1 is 0.750 bits per heavy atom. The van der Waals surface area contributed by atoms with Gasteiger partial charge in [-0.2, -0.15) is 0 Å². The molecule has 0 amide bonds. The standard InChI is InChI=1S/2FH.H2O2/c;;1-2/h2*1H;1-2H. The molecule has 0 rings (SSSR count). The summed E-state index contributed by atoms with van der Waals surface area (Å²) in [7, 11) is 0. The van der Waals surface area contributed by atoms with Crippen LogP contribution in [0.5, 0.6) is 0 Å². The lowest BCUT2D eigenvalue weighted by atomic mass is 15.0. The quantitative estimate of drug-likeness (QED) is 0.321. The van der Waals surface area contributed by atoms with E-state index in [1.807, 2.05) is 0 Å². The van der Waals surface area contributed by atoms with Crippen molar-refractivity contribution in [1.82, 2.24) is 0 Å². The fourth-order valence-electron chi connectivity index (χ4n) is 0. The van der Waals surface area contributed by atoms with Gasteiger partial charge in [0.25, 0.3) is 0 Å². The summed E-state index contributed by atoms with van der Waals surface area (Å²) in [5.41, 5.74) is 0. The molecule has 30 valence electrons. The Balaban J connectivity index is -0.00000000500. The van der Waals surface area contributed by atoms with Crippen LogP contribution in [-0.4, -0.2) is 10.5 Å². The van der Waals surface area contributed by atoms with Crippen LogP contribution in [0, 0.1) is 0 Å². The number of rotatable bonds is 0. The van der Waals surface area contributed by atoms with Crippen molar-refractivity contribution in [3.63, 3.8) is 0 Å². The highest BCUT2D eigenvalue weighted by Crippen LogP contribution is 0.711. The van der Waals surface area contributed by atoms with E-state index >= 15 is 0 Å². The van der Waals surface area contributed by atoms with Crippen molar-refractivity contribution in [3.05, 3.63) is 0 Å². The van der Waals surface area contributed by atoms with Gasteiger partial charge in [0.15, 0.2) is 0 Å². The third-order valence-corrected chi connectivity index (χ3v) is 0. The maximum Gasteiger partial charge on any atom is -0.255 e. The molecule has 0 bridgehead atoms. The van der Waals surface area contributed by atoms with Gasteiger partial charge < -0.3 is 0 Å². The van der Waals surface area contributed by atoms with Crippen LogP contribution in [0.1, 0.15) is 0 Å². The molecule has 0 heterocycles. The lowest BCUT2D eigenvalue weighted by molar-refractivity contribution is -0.176. The normalized spacial score (nSPS) is 1.50. The van der Waals surface area contributed by atoms with Gasteiger partial charge in [-0.3, -0.25) is 19.9 Å². The maximum absolute atomic E-state index is 6.00. The molecule has 0 fully saturated rings. The number of halogens is 2. The first-order chi connectivity index (χ1) is 1.00. The Morgan fingerprint density at radius 2 is 0.750 bits per heavy atom. The van der Waals surface area contributed by atoms with Crippen molar-refractivity contribution in [2.45, 2.75) is 0 Å². The summed E-state index contributed by atoms with van der Waals surface area (Å²) in [6, 6.07) is 0. The highest BCUT2D eigenvalue weighted by atomic mass is 19.0. The highest BCUT2D eigenvalue weighted by molar-refractivity contribution is 1.82. The molecule has 0 aromatic carbocycles. The maximum atomic E-state index is 6.00. The van der Waals surface area contributed by atoms with Crippen molar-refractivity contribution in [2.75, 3.05) is 0 Å². The van der Waals surface area contributed by atoms with Crippen LogP contribution in [0.25, 0.3) is 0 Å². The smallest absolute Gasteiger partial charge is 0.255 e. The first-order valence-electron chi connectivity index (χ1n) is 0.200. The summed E-state index contributed by atoms with van der Waals surface area (Å²) in [6.07, 6.45) is 0. The molecule has 0 spiro atoms. The van der Waals surface area contributed by atoms with Crippen LogP contribution in [0.4, 0.5) is 9.41 Å². The second-order valence-electron chi connectivity index (χ2n) is 0. The van der Waals surface area contributed by atoms with E-state index in [1.54, 1.807) is 0 Å². The topological polar surface area (TPSA) is 40.5 Å². The average Bonchev–Trinajstić information content (AvgIpc) is 1.00. The molecular formula is H4F2O2. The monoisotopic (exact) mass is 74.0 g/mol. The van der Waals surface area contributed by atoms with E-state index in [0.29, 0.717) is 0 Å².